The van der Waals surface area contributed by atoms with Gasteiger partial charge in [-0.05, 0) is 96.3 Å². The number of hydrogen-bond acceptors (Lipinski definition) is 8. The Morgan fingerprint density at radius 2 is 0.900 bits per heavy atom. The highest BCUT2D eigenvalue weighted by Gasteiger charge is 2.26. The molecule has 0 aliphatic rings. The molecule has 0 amide bonds. The van der Waals surface area contributed by atoms with E-state index in [-0.39, 0.29) is 13.0 Å². The van der Waals surface area contributed by atoms with Crippen LogP contribution in [0.2, 0.25) is 0 Å². The Kier molecular flexibility index (Phi) is 43.5. The fraction of sp³-hybridized carbons (Fsp3) is 0.620. The lowest BCUT2D eigenvalue weighted by Crippen LogP contribution is -2.29. The minimum Gasteiger partial charge on any atom is -0.457 e. The molecule has 342 valence electrons. The van der Waals surface area contributed by atoms with Gasteiger partial charge in [-0.15, -0.1) is 0 Å². The Bertz CT molecular complexity index is 1290. The van der Waals surface area contributed by atoms with Crippen LogP contribution in [0.15, 0.2) is 109 Å². The van der Waals surface area contributed by atoms with Crippen molar-refractivity contribution < 1.29 is 43.0 Å². The second-order valence-corrected chi connectivity index (χ2v) is 16.1. The van der Waals surface area contributed by atoms with Gasteiger partial charge in [-0.3, -0.25) is 13.8 Å². The van der Waals surface area contributed by atoms with Gasteiger partial charge in [0, 0.05) is 13.0 Å². The molecule has 0 aromatic carbocycles. The molecule has 0 radical (unpaired) electrons. The fourth-order valence-corrected chi connectivity index (χ4v) is 6.34. The van der Waals surface area contributed by atoms with E-state index in [1.54, 1.807) is 0 Å². The van der Waals surface area contributed by atoms with E-state index in [9.17, 15) is 19.4 Å². The fourth-order valence-electron chi connectivity index (χ4n) is 5.55. The van der Waals surface area contributed by atoms with Gasteiger partial charge in [0.05, 0.1) is 26.4 Å². The van der Waals surface area contributed by atoms with Crippen LogP contribution in [0, 0.1) is 0 Å². The summed E-state index contributed by atoms with van der Waals surface area (Å²) >= 11 is 0. The Hall–Kier alpha value is -2.88. The van der Waals surface area contributed by atoms with E-state index in [0.717, 1.165) is 109 Å². The number of unbranched alkanes of at least 4 members (excludes halogenated alkanes) is 10. The van der Waals surface area contributed by atoms with Gasteiger partial charge in [0.15, 0.2) is 0 Å². The van der Waals surface area contributed by atoms with Crippen LogP contribution >= 0.6 is 7.82 Å². The second kappa shape index (κ2) is 45.6. The molecule has 3 atom stereocenters. The number of carbonyl (C=O) groups excluding carboxylic acids is 1. The summed E-state index contributed by atoms with van der Waals surface area (Å²) in [6.07, 6.45) is 59.0. The van der Waals surface area contributed by atoms with E-state index in [0.29, 0.717) is 13.0 Å². The SMILES string of the molecule is CC/C=C\C/C=C\C/C=C\C/C=C\C/C=C\C/C=C\CCCCCCC(=O)OC(COCCCCCCCC/C=C\C/C=C\C/C=C\CC)COP(=O)(O)OCC(O)CO. The molecule has 0 saturated carbocycles. The van der Waals surface area contributed by atoms with Crippen molar-refractivity contribution in [2.75, 3.05) is 33.0 Å². The summed E-state index contributed by atoms with van der Waals surface area (Å²) in [7, 11) is -4.54. The molecule has 0 saturated heterocycles. The quantitative estimate of drug-likeness (QED) is 0.0238. The molecule has 0 aliphatic carbocycles. The van der Waals surface area contributed by atoms with E-state index in [2.05, 4.69) is 123 Å². The van der Waals surface area contributed by atoms with E-state index >= 15 is 0 Å². The van der Waals surface area contributed by atoms with Gasteiger partial charge >= 0.3 is 13.8 Å². The number of aliphatic hydroxyl groups is 2. The van der Waals surface area contributed by atoms with Crippen LogP contribution in [0.4, 0.5) is 0 Å². The van der Waals surface area contributed by atoms with Crippen molar-refractivity contribution in [2.24, 2.45) is 0 Å². The molecule has 60 heavy (non-hydrogen) atoms. The van der Waals surface area contributed by atoms with Gasteiger partial charge in [0.1, 0.15) is 12.2 Å². The number of aliphatic hydroxyl groups excluding tert-OH is 2. The number of phosphoric acid groups is 1. The van der Waals surface area contributed by atoms with Crippen LogP contribution in [0.1, 0.15) is 155 Å². The smallest absolute Gasteiger partial charge is 0.457 e. The maximum absolute atomic E-state index is 12.6. The molecule has 3 unspecified atom stereocenters. The molecule has 9 nitrogen and oxygen atoms in total. The molecule has 10 heteroatoms. The molecule has 0 aromatic rings. The minimum atomic E-state index is -4.54. The zero-order valence-corrected chi connectivity index (χ0v) is 38.3. The van der Waals surface area contributed by atoms with Gasteiger partial charge in [-0.25, -0.2) is 4.57 Å². The number of rotatable bonds is 42. The third kappa shape index (κ3) is 44.7. The molecule has 0 rings (SSSR count). The largest absolute Gasteiger partial charge is 0.472 e. The Morgan fingerprint density at radius 1 is 0.517 bits per heavy atom. The van der Waals surface area contributed by atoms with Crippen LogP contribution < -0.4 is 0 Å². The van der Waals surface area contributed by atoms with Crippen LogP contribution in [-0.4, -0.2) is 66.3 Å². The van der Waals surface area contributed by atoms with Gasteiger partial charge in [-0.1, -0.05) is 162 Å². The summed E-state index contributed by atoms with van der Waals surface area (Å²) in [5.74, 6) is -0.417. The summed E-state index contributed by atoms with van der Waals surface area (Å²) in [6.45, 7) is 3.20. The molecule has 0 heterocycles. The Morgan fingerprint density at radius 3 is 1.35 bits per heavy atom. The van der Waals surface area contributed by atoms with E-state index < -0.39 is 45.8 Å². The maximum atomic E-state index is 12.6. The molecular formula is C50H83O9P. The van der Waals surface area contributed by atoms with Crippen molar-refractivity contribution in [1.29, 1.82) is 0 Å². The van der Waals surface area contributed by atoms with Gasteiger partial charge in [0.2, 0.25) is 0 Å². The zero-order valence-electron chi connectivity index (χ0n) is 37.4. The predicted molar refractivity (Wildman–Crippen MR) is 251 cm³/mol. The highest BCUT2D eigenvalue weighted by atomic mass is 31.2. The maximum Gasteiger partial charge on any atom is 0.472 e. The normalized spacial score (nSPS) is 14.9. The third-order valence-corrected chi connectivity index (χ3v) is 9.90. The molecule has 0 aliphatic heterocycles. The van der Waals surface area contributed by atoms with Gasteiger partial charge < -0.3 is 24.6 Å². The molecule has 0 bridgehead atoms. The summed E-state index contributed by atoms with van der Waals surface area (Å²) in [6, 6.07) is 0. The van der Waals surface area contributed by atoms with Crippen molar-refractivity contribution in [1.82, 2.24) is 0 Å². The first kappa shape index (κ1) is 57.1. The standard InChI is InChI=1S/C50H83O9P/c1-3-5-7-9-11-13-15-17-19-21-22-23-24-25-26-27-28-30-32-34-36-38-40-42-50(53)59-49(47-58-60(54,55)57-45-48(52)44-51)46-56-43-41-39-37-35-33-31-29-20-18-16-14-12-10-8-6-4-2/h5-8,11-14,17-20,22-23,25-26,28,30,48-49,51-52H,3-4,9-10,15-16,21,24,27,29,31-47H2,1-2H3,(H,54,55)/b7-5-,8-6-,13-11-,14-12-,19-17-,20-18-,23-22-,26-25-,30-28-. The third-order valence-electron chi connectivity index (χ3n) is 8.95. The monoisotopic (exact) mass is 859 g/mol. The van der Waals surface area contributed by atoms with E-state index in [1.807, 2.05) is 0 Å². The second-order valence-electron chi connectivity index (χ2n) is 14.7. The molecular weight excluding hydrogens is 776 g/mol. The summed E-state index contributed by atoms with van der Waals surface area (Å²) in [4.78, 5) is 22.6. The van der Waals surface area contributed by atoms with Crippen LogP contribution in [0.3, 0.4) is 0 Å². The van der Waals surface area contributed by atoms with Crippen molar-refractivity contribution >= 4 is 13.8 Å². The molecule has 3 N–H and O–H groups in total. The van der Waals surface area contributed by atoms with Crippen molar-refractivity contribution in [3.63, 3.8) is 0 Å². The number of hydrogen-bond donors (Lipinski definition) is 3. The van der Waals surface area contributed by atoms with Crippen LogP contribution in [0.25, 0.3) is 0 Å². The number of allylic oxidation sites excluding steroid dienone is 18. The average Bonchev–Trinajstić information content (AvgIpc) is 3.24. The lowest BCUT2D eigenvalue weighted by molar-refractivity contribution is -0.154. The Labute approximate surface area is 365 Å². The molecule has 0 fully saturated rings. The molecule has 0 aromatic heterocycles. The number of phosphoric ester groups is 1. The first-order chi connectivity index (χ1) is 29.3. The van der Waals surface area contributed by atoms with E-state index in [1.165, 1.54) is 19.3 Å². The Balaban J connectivity index is 4.25. The zero-order chi connectivity index (χ0) is 43.9. The van der Waals surface area contributed by atoms with Crippen molar-refractivity contribution in [3.8, 4) is 0 Å². The van der Waals surface area contributed by atoms with Gasteiger partial charge in [-0.2, -0.15) is 0 Å². The highest BCUT2D eigenvalue weighted by molar-refractivity contribution is 7.47. The van der Waals surface area contributed by atoms with Gasteiger partial charge in [0.25, 0.3) is 0 Å². The lowest BCUT2D eigenvalue weighted by Gasteiger charge is -2.20. The van der Waals surface area contributed by atoms with Crippen molar-refractivity contribution in [3.05, 3.63) is 109 Å². The molecule has 0 spiro atoms. The summed E-state index contributed by atoms with van der Waals surface area (Å²) in [5, 5.41) is 18.4. The van der Waals surface area contributed by atoms with Crippen molar-refractivity contribution in [2.45, 2.75) is 167 Å². The number of ether oxygens (including phenoxy) is 2. The topological polar surface area (TPSA) is 132 Å². The van der Waals surface area contributed by atoms with Crippen LogP contribution in [0.5, 0.6) is 0 Å². The number of esters is 1. The van der Waals surface area contributed by atoms with Crippen LogP contribution in [-0.2, 0) is 27.9 Å². The lowest BCUT2D eigenvalue weighted by atomic mass is 10.1. The summed E-state index contributed by atoms with van der Waals surface area (Å²) < 4.78 is 33.4. The highest BCUT2D eigenvalue weighted by Crippen LogP contribution is 2.43. The number of carbonyl (C=O) groups is 1. The first-order valence-corrected chi connectivity index (χ1v) is 24.4. The average molecular weight is 859 g/mol. The minimum absolute atomic E-state index is 0.0218. The summed E-state index contributed by atoms with van der Waals surface area (Å²) in [5.41, 5.74) is 0. The van der Waals surface area contributed by atoms with E-state index in [4.69, 9.17) is 23.6 Å². The first-order valence-electron chi connectivity index (χ1n) is 22.9. The predicted octanol–water partition coefficient (Wildman–Crippen LogP) is 13.0.